The number of ether oxygens (including phenoxy) is 2. The number of esters is 1. The van der Waals surface area contributed by atoms with Gasteiger partial charge in [0.05, 0.1) is 0 Å². The van der Waals surface area contributed by atoms with Gasteiger partial charge in [0.1, 0.15) is 0 Å². The van der Waals surface area contributed by atoms with Crippen LogP contribution in [0.5, 0.6) is 5.75 Å². The van der Waals surface area contributed by atoms with E-state index in [-0.39, 0.29) is 11.3 Å². The Morgan fingerprint density at radius 1 is 1.47 bits per heavy atom. The van der Waals surface area contributed by atoms with Crippen molar-refractivity contribution in [3.63, 3.8) is 0 Å². The lowest BCUT2D eigenvalue weighted by atomic mass is 10.3. The maximum atomic E-state index is 11.2. The predicted octanol–water partition coefficient (Wildman–Crippen LogP) is 0.583. The number of hydrogen-bond donors (Lipinski definition) is 1. The number of aromatic amines is 1. The van der Waals surface area contributed by atoms with Crippen molar-refractivity contribution in [1.29, 1.82) is 0 Å². The fourth-order valence-corrected chi connectivity index (χ4v) is 1.19. The van der Waals surface area contributed by atoms with Crippen molar-refractivity contribution >= 4 is 5.97 Å². The van der Waals surface area contributed by atoms with Gasteiger partial charge in [0.25, 0.3) is 11.8 Å². The molecule has 2 rings (SSSR count). The Kier molecular flexibility index (Phi) is 2.29. The molecule has 15 heavy (non-hydrogen) atoms. The van der Waals surface area contributed by atoms with Crippen LogP contribution in [0, 0.1) is 0 Å². The van der Waals surface area contributed by atoms with Crippen LogP contribution in [0.1, 0.15) is 6.92 Å². The Balaban J connectivity index is 2.15. The number of carbonyl (C=O) groups is 1. The number of H-pyrrole nitrogens is 1. The summed E-state index contributed by atoms with van der Waals surface area (Å²) in [7, 11) is 0. The Morgan fingerprint density at radius 2 is 2.27 bits per heavy atom. The van der Waals surface area contributed by atoms with E-state index in [4.69, 9.17) is 9.47 Å². The molecule has 0 saturated heterocycles. The van der Waals surface area contributed by atoms with Gasteiger partial charge in [-0.1, -0.05) is 0 Å². The summed E-state index contributed by atoms with van der Waals surface area (Å²) in [5.41, 5.74) is 0.124. The summed E-state index contributed by atoms with van der Waals surface area (Å²) in [5.74, 6) is -0.298. The zero-order valence-electron chi connectivity index (χ0n) is 8.02. The number of hydrogen-bond acceptors (Lipinski definition) is 4. The molecule has 1 N–H and O–H groups in total. The smallest absolute Gasteiger partial charge is 0.336 e. The van der Waals surface area contributed by atoms with Gasteiger partial charge >= 0.3 is 5.97 Å². The first-order valence-corrected chi connectivity index (χ1v) is 4.40. The SMILES string of the molecule is CC1=CC(Oc2ccc[nH]c2=O)OC1=O. The quantitative estimate of drug-likeness (QED) is 0.720. The highest BCUT2D eigenvalue weighted by Gasteiger charge is 2.23. The summed E-state index contributed by atoms with van der Waals surface area (Å²) in [6.45, 7) is 1.63. The van der Waals surface area contributed by atoms with Gasteiger partial charge in [-0.2, -0.15) is 0 Å². The Hall–Kier alpha value is -2.04. The van der Waals surface area contributed by atoms with Gasteiger partial charge in [0, 0.05) is 17.8 Å². The van der Waals surface area contributed by atoms with Crippen LogP contribution in [0.4, 0.5) is 0 Å². The summed E-state index contributed by atoms with van der Waals surface area (Å²) in [6.07, 6.45) is 2.21. The molecule has 0 saturated carbocycles. The van der Waals surface area contributed by atoms with E-state index >= 15 is 0 Å². The van der Waals surface area contributed by atoms with E-state index in [1.165, 1.54) is 18.3 Å². The molecule has 0 radical (unpaired) electrons. The minimum atomic E-state index is -0.805. The highest BCUT2D eigenvalue weighted by Crippen LogP contribution is 2.15. The minimum Gasteiger partial charge on any atom is -0.445 e. The summed E-state index contributed by atoms with van der Waals surface area (Å²) in [6, 6.07) is 3.14. The maximum absolute atomic E-state index is 11.2. The van der Waals surface area contributed by atoms with E-state index in [1.807, 2.05) is 0 Å². The van der Waals surface area contributed by atoms with Gasteiger partial charge in [-0.25, -0.2) is 4.79 Å². The van der Waals surface area contributed by atoms with Crippen LogP contribution >= 0.6 is 0 Å². The monoisotopic (exact) mass is 207 g/mol. The molecule has 1 aromatic rings. The third-order valence-electron chi connectivity index (χ3n) is 1.96. The highest BCUT2D eigenvalue weighted by molar-refractivity contribution is 5.89. The second kappa shape index (κ2) is 3.61. The van der Waals surface area contributed by atoms with Crippen molar-refractivity contribution in [1.82, 2.24) is 4.98 Å². The van der Waals surface area contributed by atoms with E-state index in [0.717, 1.165) is 0 Å². The van der Waals surface area contributed by atoms with Crippen molar-refractivity contribution in [2.24, 2.45) is 0 Å². The van der Waals surface area contributed by atoms with Crippen LogP contribution in [0.25, 0.3) is 0 Å². The van der Waals surface area contributed by atoms with E-state index in [9.17, 15) is 9.59 Å². The van der Waals surface area contributed by atoms with Crippen molar-refractivity contribution < 1.29 is 14.3 Å². The van der Waals surface area contributed by atoms with Gasteiger partial charge < -0.3 is 14.5 Å². The fourth-order valence-electron chi connectivity index (χ4n) is 1.19. The molecule has 5 nitrogen and oxygen atoms in total. The first kappa shape index (κ1) is 9.51. The topological polar surface area (TPSA) is 68.4 Å². The summed E-state index contributed by atoms with van der Waals surface area (Å²) in [4.78, 5) is 24.7. The molecule has 0 amide bonds. The average Bonchev–Trinajstić information content (AvgIpc) is 2.50. The third-order valence-corrected chi connectivity index (χ3v) is 1.96. The number of carbonyl (C=O) groups excluding carboxylic acids is 1. The number of pyridine rings is 1. The molecular formula is C10H9NO4. The lowest BCUT2D eigenvalue weighted by Crippen LogP contribution is -2.20. The highest BCUT2D eigenvalue weighted by atomic mass is 16.7. The minimum absolute atomic E-state index is 0.126. The lowest BCUT2D eigenvalue weighted by Gasteiger charge is -2.09. The molecule has 2 heterocycles. The normalized spacial score (nSPS) is 19.7. The first-order valence-electron chi connectivity index (χ1n) is 4.40. The Bertz CT molecular complexity index is 474. The Labute approximate surface area is 85.3 Å². The van der Waals surface area contributed by atoms with Gasteiger partial charge in [0.2, 0.25) is 0 Å². The molecule has 0 bridgehead atoms. The molecule has 1 atom stereocenters. The first-order chi connectivity index (χ1) is 7.16. The number of aromatic nitrogens is 1. The largest absolute Gasteiger partial charge is 0.445 e. The number of cyclic esters (lactones) is 1. The summed E-state index contributed by atoms with van der Waals surface area (Å²) >= 11 is 0. The van der Waals surface area contributed by atoms with Crippen molar-refractivity contribution in [3.8, 4) is 5.75 Å². The van der Waals surface area contributed by atoms with Crippen LogP contribution in [-0.4, -0.2) is 17.2 Å². The summed E-state index contributed by atoms with van der Waals surface area (Å²) in [5, 5.41) is 0. The van der Waals surface area contributed by atoms with E-state index in [2.05, 4.69) is 4.98 Å². The molecular weight excluding hydrogens is 198 g/mol. The average molecular weight is 207 g/mol. The van der Waals surface area contributed by atoms with Crippen molar-refractivity contribution in [3.05, 3.63) is 40.3 Å². The third kappa shape index (κ3) is 1.90. The zero-order valence-corrected chi connectivity index (χ0v) is 8.02. The molecule has 0 fully saturated rings. The van der Waals surface area contributed by atoms with E-state index in [0.29, 0.717) is 5.57 Å². The summed E-state index contributed by atoms with van der Waals surface area (Å²) < 4.78 is 10.0. The second-order valence-electron chi connectivity index (χ2n) is 3.10. The zero-order chi connectivity index (χ0) is 10.8. The molecule has 0 spiro atoms. The number of nitrogens with one attached hydrogen (secondary N) is 1. The standard InChI is InChI=1S/C10H9NO4/c1-6-5-8(15-10(6)13)14-7-3-2-4-11-9(7)12/h2-5,8H,1H3,(H,11,12). The van der Waals surface area contributed by atoms with Gasteiger partial charge in [0.15, 0.2) is 5.75 Å². The van der Waals surface area contributed by atoms with E-state index < -0.39 is 12.3 Å². The van der Waals surface area contributed by atoms with E-state index in [1.54, 1.807) is 13.0 Å². The van der Waals surface area contributed by atoms with Crippen molar-refractivity contribution in [2.45, 2.75) is 13.2 Å². The second-order valence-corrected chi connectivity index (χ2v) is 3.10. The van der Waals surface area contributed by atoms with Crippen LogP contribution in [0.2, 0.25) is 0 Å². The fraction of sp³-hybridized carbons (Fsp3) is 0.200. The maximum Gasteiger partial charge on any atom is 0.336 e. The molecule has 1 aliphatic heterocycles. The molecule has 1 aliphatic rings. The molecule has 0 aromatic carbocycles. The molecule has 5 heteroatoms. The predicted molar refractivity (Wildman–Crippen MR) is 51.3 cm³/mol. The number of rotatable bonds is 2. The van der Waals surface area contributed by atoms with Crippen LogP contribution < -0.4 is 10.3 Å². The van der Waals surface area contributed by atoms with Gasteiger partial charge in [-0.05, 0) is 19.1 Å². The van der Waals surface area contributed by atoms with Gasteiger partial charge in [-0.3, -0.25) is 4.79 Å². The molecule has 1 aromatic heterocycles. The van der Waals surface area contributed by atoms with Gasteiger partial charge in [-0.15, -0.1) is 0 Å². The Morgan fingerprint density at radius 3 is 2.87 bits per heavy atom. The lowest BCUT2D eigenvalue weighted by molar-refractivity contribution is -0.148. The van der Waals surface area contributed by atoms with Crippen LogP contribution in [0.3, 0.4) is 0 Å². The molecule has 1 unspecified atom stereocenters. The molecule has 0 aliphatic carbocycles. The van der Waals surface area contributed by atoms with Crippen molar-refractivity contribution in [2.75, 3.05) is 0 Å². The van der Waals surface area contributed by atoms with Crippen LogP contribution in [0.15, 0.2) is 34.8 Å². The van der Waals surface area contributed by atoms with Crippen LogP contribution in [-0.2, 0) is 9.53 Å². The molecule has 78 valence electrons.